The summed E-state index contributed by atoms with van der Waals surface area (Å²) in [6.45, 7) is 5.75. The average Bonchev–Trinajstić information content (AvgIpc) is 3.01. The Balaban J connectivity index is 1.67. The minimum absolute atomic E-state index is 0.0816. The van der Waals surface area contributed by atoms with Gasteiger partial charge in [-0.25, -0.2) is 9.97 Å². The zero-order chi connectivity index (χ0) is 19.7. The first-order chi connectivity index (χ1) is 13.6. The number of hydrogen-bond acceptors (Lipinski definition) is 4. The van der Waals surface area contributed by atoms with Gasteiger partial charge in [-0.1, -0.05) is 37.3 Å². The molecule has 2 aromatic rings. The number of nitrogens with zero attached hydrogens (tertiary/aromatic N) is 4. The molecule has 3 aliphatic rings. The molecule has 2 bridgehead atoms. The Morgan fingerprint density at radius 2 is 1.96 bits per heavy atom. The molecule has 28 heavy (non-hydrogen) atoms. The predicted molar refractivity (Wildman–Crippen MR) is 107 cm³/mol. The molecule has 3 fully saturated rings. The van der Waals surface area contributed by atoms with E-state index in [4.69, 9.17) is 0 Å². The maximum Gasteiger partial charge on any atom is 0.257 e. The van der Waals surface area contributed by atoms with E-state index in [-0.39, 0.29) is 23.8 Å². The first-order valence-electron chi connectivity index (χ1n) is 10.1. The summed E-state index contributed by atoms with van der Waals surface area (Å²) >= 11 is 0. The highest BCUT2D eigenvalue weighted by atomic mass is 16.2. The molecular weight excluding hydrogens is 352 g/mol. The van der Waals surface area contributed by atoms with Gasteiger partial charge in [0, 0.05) is 37.4 Å². The van der Waals surface area contributed by atoms with E-state index in [9.17, 15) is 9.59 Å². The topological polar surface area (TPSA) is 66.4 Å². The Hall–Kier alpha value is -2.76. The van der Waals surface area contributed by atoms with Gasteiger partial charge in [-0.3, -0.25) is 9.59 Å². The van der Waals surface area contributed by atoms with Crippen molar-refractivity contribution < 1.29 is 9.59 Å². The molecule has 0 unspecified atom stereocenters. The summed E-state index contributed by atoms with van der Waals surface area (Å²) in [4.78, 5) is 38.9. The maximum atomic E-state index is 13.5. The Bertz CT molecular complexity index is 883. The molecule has 2 atom stereocenters. The molecule has 1 aromatic carbocycles. The summed E-state index contributed by atoms with van der Waals surface area (Å²) in [6.07, 6.45) is 4.40. The van der Waals surface area contributed by atoms with E-state index in [0.29, 0.717) is 30.2 Å². The standard InChI is InChI=1S/C22H26N4O2/c1-3-11-26-18-10-9-17(21(26)27)13-25(14-18)22(28)19-12-23-15(2)24-20(19)16-7-5-4-6-8-16/h4-8,12,17-18H,3,9-11,13-14H2,1-2H3/t17-,18+/m1/s1. The van der Waals surface area contributed by atoms with Gasteiger partial charge in [0.15, 0.2) is 0 Å². The quantitative estimate of drug-likeness (QED) is 0.820. The molecule has 0 spiro atoms. The van der Waals surface area contributed by atoms with E-state index in [1.807, 2.05) is 47.1 Å². The van der Waals surface area contributed by atoms with E-state index in [0.717, 1.165) is 31.4 Å². The monoisotopic (exact) mass is 378 g/mol. The highest BCUT2D eigenvalue weighted by Gasteiger charge is 2.41. The molecular formula is C22H26N4O2. The van der Waals surface area contributed by atoms with Crippen LogP contribution in [-0.4, -0.2) is 57.3 Å². The molecule has 3 aliphatic heterocycles. The molecule has 0 radical (unpaired) electrons. The fourth-order valence-corrected chi connectivity index (χ4v) is 4.35. The third kappa shape index (κ3) is 3.39. The molecule has 2 amide bonds. The molecule has 0 saturated carbocycles. The summed E-state index contributed by atoms with van der Waals surface area (Å²) in [5, 5.41) is 0. The zero-order valence-electron chi connectivity index (χ0n) is 16.5. The van der Waals surface area contributed by atoms with Crippen molar-refractivity contribution in [3.63, 3.8) is 0 Å². The van der Waals surface area contributed by atoms with Gasteiger partial charge in [0.05, 0.1) is 17.2 Å². The fraction of sp³-hybridized carbons (Fsp3) is 0.455. The van der Waals surface area contributed by atoms with Crippen LogP contribution in [0.2, 0.25) is 0 Å². The lowest BCUT2D eigenvalue weighted by Crippen LogP contribution is -2.48. The number of amides is 2. The number of aromatic nitrogens is 2. The number of rotatable bonds is 4. The second-order valence-electron chi connectivity index (χ2n) is 7.72. The van der Waals surface area contributed by atoms with Crippen LogP contribution in [-0.2, 0) is 4.79 Å². The van der Waals surface area contributed by atoms with Crippen molar-refractivity contribution >= 4 is 11.8 Å². The van der Waals surface area contributed by atoms with E-state index in [2.05, 4.69) is 16.9 Å². The Morgan fingerprint density at radius 3 is 2.71 bits per heavy atom. The van der Waals surface area contributed by atoms with E-state index >= 15 is 0 Å². The number of benzene rings is 1. The van der Waals surface area contributed by atoms with Crippen LogP contribution in [0.15, 0.2) is 36.5 Å². The van der Waals surface area contributed by atoms with Gasteiger partial charge in [0.2, 0.25) is 5.91 Å². The second-order valence-corrected chi connectivity index (χ2v) is 7.72. The highest BCUT2D eigenvalue weighted by molar-refractivity contribution is 6.00. The van der Waals surface area contributed by atoms with Crippen LogP contribution in [0.1, 0.15) is 42.4 Å². The predicted octanol–water partition coefficient (Wildman–Crippen LogP) is 2.93. The first kappa shape index (κ1) is 18.6. The molecule has 4 heterocycles. The van der Waals surface area contributed by atoms with Crippen molar-refractivity contribution in [2.75, 3.05) is 19.6 Å². The van der Waals surface area contributed by atoms with Crippen molar-refractivity contribution in [1.82, 2.24) is 19.8 Å². The van der Waals surface area contributed by atoms with Gasteiger partial charge in [0.1, 0.15) is 5.82 Å². The highest BCUT2D eigenvalue weighted by Crippen LogP contribution is 2.31. The SMILES string of the molecule is CCCN1C(=O)[C@@H]2CC[C@H]1CN(C(=O)c1cnc(C)nc1-c1ccccc1)C2. The van der Waals surface area contributed by atoms with Gasteiger partial charge in [0.25, 0.3) is 5.91 Å². The fourth-order valence-electron chi connectivity index (χ4n) is 4.35. The van der Waals surface area contributed by atoms with Crippen molar-refractivity contribution in [3.05, 3.63) is 47.9 Å². The second kappa shape index (κ2) is 7.70. The molecule has 0 aliphatic carbocycles. The lowest BCUT2D eigenvalue weighted by molar-refractivity contribution is -0.139. The van der Waals surface area contributed by atoms with E-state index < -0.39 is 0 Å². The minimum atomic E-state index is -0.0965. The van der Waals surface area contributed by atoms with Gasteiger partial charge in [-0.05, 0) is 26.2 Å². The van der Waals surface area contributed by atoms with Crippen LogP contribution in [0.5, 0.6) is 0 Å². The number of hydrogen-bond donors (Lipinski definition) is 0. The lowest BCUT2D eigenvalue weighted by atomic mass is 9.94. The third-order valence-electron chi connectivity index (χ3n) is 5.73. The van der Waals surface area contributed by atoms with Crippen molar-refractivity contribution in [1.29, 1.82) is 0 Å². The summed E-state index contributed by atoms with van der Waals surface area (Å²) in [5.74, 6) is 0.662. The Labute approximate surface area is 165 Å². The largest absolute Gasteiger partial charge is 0.338 e. The van der Waals surface area contributed by atoms with Crippen molar-refractivity contribution in [2.45, 2.75) is 39.2 Å². The smallest absolute Gasteiger partial charge is 0.257 e. The molecule has 3 saturated heterocycles. The van der Waals surface area contributed by atoms with Crippen molar-refractivity contribution in [3.8, 4) is 11.3 Å². The molecule has 1 aromatic heterocycles. The molecule has 6 nitrogen and oxygen atoms in total. The summed E-state index contributed by atoms with van der Waals surface area (Å²) in [5.41, 5.74) is 2.07. The van der Waals surface area contributed by atoms with E-state index in [1.165, 1.54) is 0 Å². The number of piperidine rings is 1. The van der Waals surface area contributed by atoms with E-state index in [1.54, 1.807) is 6.20 Å². The van der Waals surface area contributed by atoms with Crippen LogP contribution >= 0.6 is 0 Å². The van der Waals surface area contributed by atoms with Crippen LogP contribution in [0.3, 0.4) is 0 Å². The van der Waals surface area contributed by atoms with Crippen LogP contribution < -0.4 is 0 Å². The Morgan fingerprint density at radius 1 is 1.18 bits per heavy atom. The normalized spacial score (nSPS) is 21.7. The van der Waals surface area contributed by atoms with Gasteiger partial charge < -0.3 is 9.80 Å². The summed E-state index contributed by atoms with van der Waals surface area (Å²) in [7, 11) is 0. The number of carbonyl (C=O) groups is 2. The first-order valence-corrected chi connectivity index (χ1v) is 10.1. The summed E-state index contributed by atoms with van der Waals surface area (Å²) in [6, 6.07) is 9.85. The third-order valence-corrected chi connectivity index (χ3v) is 5.73. The summed E-state index contributed by atoms with van der Waals surface area (Å²) < 4.78 is 0. The van der Waals surface area contributed by atoms with Gasteiger partial charge >= 0.3 is 0 Å². The van der Waals surface area contributed by atoms with Crippen LogP contribution in [0.4, 0.5) is 0 Å². The number of carbonyl (C=O) groups excluding carboxylic acids is 2. The molecule has 5 rings (SSSR count). The Kier molecular flexibility index (Phi) is 5.11. The number of fused-ring (bicyclic) bond motifs is 4. The van der Waals surface area contributed by atoms with Gasteiger partial charge in [-0.2, -0.15) is 0 Å². The van der Waals surface area contributed by atoms with Crippen molar-refractivity contribution in [2.24, 2.45) is 5.92 Å². The van der Waals surface area contributed by atoms with Crippen LogP contribution in [0, 0.1) is 12.8 Å². The molecule has 146 valence electrons. The maximum absolute atomic E-state index is 13.5. The minimum Gasteiger partial charge on any atom is -0.338 e. The zero-order valence-corrected chi connectivity index (χ0v) is 16.5. The lowest BCUT2D eigenvalue weighted by Gasteiger charge is -2.35. The molecule has 6 heteroatoms. The van der Waals surface area contributed by atoms with Gasteiger partial charge in [-0.15, -0.1) is 0 Å². The average molecular weight is 378 g/mol. The molecule has 0 N–H and O–H groups in total. The number of aryl methyl sites for hydroxylation is 1. The van der Waals surface area contributed by atoms with Crippen LogP contribution in [0.25, 0.3) is 11.3 Å².